The van der Waals surface area contributed by atoms with E-state index < -0.39 is 11.9 Å². The predicted molar refractivity (Wildman–Crippen MR) is 127 cm³/mol. The monoisotopic (exact) mass is 476 g/mol. The van der Waals surface area contributed by atoms with Gasteiger partial charge in [-0.3, -0.25) is 4.40 Å². The second-order valence-electron chi connectivity index (χ2n) is 8.76. The molecule has 0 saturated carbocycles. The third-order valence-electron chi connectivity index (χ3n) is 5.98. The number of hydrogen-bond donors (Lipinski definition) is 0. The standard InChI is InChI=1S/C26H23F3N6/c1-16(2)19-6-4-5-7-20(19)21-12-13-30-25-33-32-23(35(21)25)14-17-8-10-18(11-9-17)24-31-22(15-34(24)3)26(27,28)29/h4-13,15-16H,14H2,1-3H3. The largest absolute Gasteiger partial charge is 0.434 e. The molecule has 0 unspecified atom stereocenters. The summed E-state index contributed by atoms with van der Waals surface area (Å²) in [6.07, 6.45) is -1.27. The second kappa shape index (κ2) is 8.65. The van der Waals surface area contributed by atoms with Crippen LogP contribution in [0.4, 0.5) is 13.2 Å². The minimum Gasteiger partial charge on any atom is -0.333 e. The van der Waals surface area contributed by atoms with Crippen molar-refractivity contribution in [3.63, 3.8) is 0 Å². The Bertz CT molecular complexity index is 1500. The van der Waals surface area contributed by atoms with E-state index in [4.69, 9.17) is 0 Å². The highest BCUT2D eigenvalue weighted by molar-refractivity contribution is 5.67. The van der Waals surface area contributed by atoms with Gasteiger partial charge in [0, 0.05) is 37.0 Å². The number of hydrogen-bond acceptors (Lipinski definition) is 4. The molecular formula is C26H23F3N6. The Morgan fingerprint density at radius 2 is 1.69 bits per heavy atom. The highest BCUT2D eigenvalue weighted by Gasteiger charge is 2.34. The average molecular weight is 477 g/mol. The molecule has 0 amide bonds. The van der Waals surface area contributed by atoms with Gasteiger partial charge in [-0.2, -0.15) is 13.2 Å². The minimum absolute atomic E-state index is 0.258. The summed E-state index contributed by atoms with van der Waals surface area (Å²) in [5.74, 6) is 1.84. The van der Waals surface area contributed by atoms with E-state index >= 15 is 0 Å². The molecule has 0 radical (unpaired) electrons. The van der Waals surface area contributed by atoms with Crippen LogP contribution in [0.25, 0.3) is 28.4 Å². The zero-order valence-corrected chi connectivity index (χ0v) is 19.5. The Morgan fingerprint density at radius 1 is 0.943 bits per heavy atom. The van der Waals surface area contributed by atoms with Gasteiger partial charge >= 0.3 is 6.18 Å². The van der Waals surface area contributed by atoms with Crippen molar-refractivity contribution >= 4 is 5.78 Å². The van der Waals surface area contributed by atoms with Crippen molar-refractivity contribution in [1.82, 2.24) is 29.1 Å². The minimum atomic E-state index is -4.48. The molecule has 0 aliphatic rings. The summed E-state index contributed by atoms with van der Waals surface area (Å²) in [7, 11) is 1.55. The van der Waals surface area contributed by atoms with E-state index in [9.17, 15) is 13.2 Å². The van der Waals surface area contributed by atoms with E-state index in [0.717, 1.165) is 28.8 Å². The number of aromatic nitrogens is 6. The first-order valence-electron chi connectivity index (χ1n) is 11.2. The van der Waals surface area contributed by atoms with Gasteiger partial charge in [0.1, 0.15) is 11.6 Å². The Hall–Kier alpha value is -4.01. The Labute approximate surface area is 200 Å². The van der Waals surface area contributed by atoms with E-state index in [1.807, 2.05) is 34.7 Å². The number of nitrogens with zero attached hydrogens (tertiary/aromatic N) is 6. The molecule has 0 spiro atoms. The Balaban J connectivity index is 1.49. The van der Waals surface area contributed by atoms with E-state index in [1.54, 1.807) is 25.4 Å². The van der Waals surface area contributed by atoms with Crippen molar-refractivity contribution in [2.24, 2.45) is 7.05 Å². The van der Waals surface area contributed by atoms with Gasteiger partial charge in [-0.25, -0.2) is 9.97 Å². The van der Waals surface area contributed by atoms with Gasteiger partial charge in [0.05, 0.1) is 5.69 Å². The summed E-state index contributed by atoms with van der Waals surface area (Å²) >= 11 is 0. The number of halogens is 3. The molecule has 3 aromatic heterocycles. The lowest BCUT2D eigenvalue weighted by Gasteiger charge is -2.14. The van der Waals surface area contributed by atoms with E-state index in [2.05, 4.69) is 46.1 Å². The molecule has 3 heterocycles. The van der Waals surface area contributed by atoms with Gasteiger partial charge in [-0.15, -0.1) is 10.2 Å². The molecule has 5 rings (SSSR count). The van der Waals surface area contributed by atoms with Gasteiger partial charge in [-0.1, -0.05) is 62.4 Å². The first-order valence-corrected chi connectivity index (χ1v) is 11.2. The maximum atomic E-state index is 13.0. The molecule has 2 aromatic carbocycles. The molecule has 0 aliphatic carbocycles. The summed E-state index contributed by atoms with van der Waals surface area (Å²) in [5, 5.41) is 8.65. The molecule has 0 N–H and O–H groups in total. The molecule has 0 saturated heterocycles. The number of benzene rings is 2. The van der Waals surface area contributed by atoms with Crippen molar-refractivity contribution < 1.29 is 13.2 Å². The van der Waals surface area contributed by atoms with Crippen molar-refractivity contribution in [2.45, 2.75) is 32.4 Å². The molecule has 0 aliphatic heterocycles. The van der Waals surface area contributed by atoms with Crippen LogP contribution in [-0.2, 0) is 19.6 Å². The third kappa shape index (κ3) is 4.29. The van der Waals surface area contributed by atoms with Gasteiger partial charge < -0.3 is 4.57 Å². The third-order valence-corrected chi connectivity index (χ3v) is 5.98. The fraction of sp³-hybridized carbons (Fsp3) is 0.231. The van der Waals surface area contributed by atoms with Crippen LogP contribution in [0, 0.1) is 0 Å². The van der Waals surface area contributed by atoms with Crippen LogP contribution >= 0.6 is 0 Å². The quantitative estimate of drug-likeness (QED) is 0.316. The summed E-state index contributed by atoms with van der Waals surface area (Å²) in [5.41, 5.74) is 3.92. The SMILES string of the molecule is CC(C)c1ccccc1-c1ccnc2nnc(Cc3ccc(-c4nc(C(F)(F)F)cn4C)cc3)n12. The van der Waals surface area contributed by atoms with Crippen molar-refractivity contribution in [2.75, 3.05) is 0 Å². The topological polar surface area (TPSA) is 60.9 Å². The fourth-order valence-electron chi connectivity index (χ4n) is 4.27. The zero-order chi connectivity index (χ0) is 24.7. The lowest BCUT2D eigenvalue weighted by atomic mass is 9.95. The van der Waals surface area contributed by atoms with E-state index in [1.165, 1.54) is 10.1 Å². The lowest BCUT2D eigenvalue weighted by molar-refractivity contribution is -0.140. The molecule has 35 heavy (non-hydrogen) atoms. The van der Waals surface area contributed by atoms with Crippen LogP contribution in [0.5, 0.6) is 0 Å². The zero-order valence-electron chi connectivity index (χ0n) is 19.5. The van der Waals surface area contributed by atoms with Gasteiger partial charge in [0.25, 0.3) is 5.78 Å². The van der Waals surface area contributed by atoms with Crippen LogP contribution < -0.4 is 0 Å². The molecule has 0 atom stereocenters. The molecule has 6 nitrogen and oxygen atoms in total. The van der Waals surface area contributed by atoms with Crippen molar-refractivity contribution in [3.05, 3.63) is 89.6 Å². The van der Waals surface area contributed by atoms with E-state index in [0.29, 0.717) is 23.7 Å². The van der Waals surface area contributed by atoms with Crippen LogP contribution in [-0.4, -0.2) is 29.1 Å². The smallest absolute Gasteiger partial charge is 0.333 e. The maximum absolute atomic E-state index is 13.0. The van der Waals surface area contributed by atoms with Crippen molar-refractivity contribution in [1.29, 1.82) is 0 Å². The molecule has 178 valence electrons. The van der Waals surface area contributed by atoms with Gasteiger partial charge in [0.15, 0.2) is 5.69 Å². The van der Waals surface area contributed by atoms with Crippen LogP contribution in [0.2, 0.25) is 0 Å². The van der Waals surface area contributed by atoms with Crippen LogP contribution in [0.15, 0.2) is 67.0 Å². The van der Waals surface area contributed by atoms with Crippen LogP contribution in [0.3, 0.4) is 0 Å². The van der Waals surface area contributed by atoms with E-state index in [-0.39, 0.29) is 5.82 Å². The summed E-state index contributed by atoms with van der Waals surface area (Å²) < 4.78 is 42.4. The summed E-state index contributed by atoms with van der Waals surface area (Å²) in [6, 6.07) is 17.5. The lowest BCUT2D eigenvalue weighted by Crippen LogP contribution is -2.04. The Morgan fingerprint density at radius 3 is 2.37 bits per heavy atom. The number of imidazole rings is 1. The van der Waals surface area contributed by atoms with Gasteiger partial charge in [0.2, 0.25) is 0 Å². The molecule has 5 aromatic rings. The molecule has 9 heteroatoms. The molecule has 0 bridgehead atoms. The Kier molecular flexibility index (Phi) is 5.62. The fourth-order valence-corrected chi connectivity index (χ4v) is 4.27. The predicted octanol–water partition coefficient (Wildman–Crippen LogP) is 5.92. The normalized spacial score (nSPS) is 12.1. The highest BCUT2D eigenvalue weighted by Crippen LogP contribution is 2.32. The maximum Gasteiger partial charge on any atom is 0.434 e. The average Bonchev–Trinajstić information content (AvgIpc) is 3.43. The number of aryl methyl sites for hydroxylation is 1. The second-order valence-corrected chi connectivity index (χ2v) is 8.76. The molecule has 0 fully saturated rings. The summed E-state index contributed by atoms with van der Waals surface area (Å²) in [4.78, 5) is 8.14. The number of rotatable bonds is 5. The highest BCUT2D eigenvalue weighted by atomic mass is 19.4. The van der Waals surface area contributed by atoms with Crippen molar-refractivity contribution in [3.8, 4) is 22.6 Å². The number of alkyl halides is 3. The number of fused-ring (bicyclic) bond motifs is 1. The summed E-state index contributed by atoms with van der Waals surface area (Å²) in [6.45, 7) is 4.32. The van der Waals surface area contributed by atoms with Gasteiger partial charge in [-0.05, 0) is 23.1 Å². The molecular weight excluding hydrogens is 453 g/mol. The first-order chi connectivity index (χ1) is 16.7. The van der Waals surface area contributed by atoms with Crippen LogP contribution in [0.1, 0.15) is 42.4 Å². The first kappa shape index (κ1) is 22.8.